The number of nitrogens with zero attached hydrogens (tertiary/aromatic N) is 2. The molecule has 0 bridgehead atoms. The van der Waals surface area contributed by atoms with E-state index in [4.69, 9.17) is 9.47 Å². The van der Waals surface area contributed by atoms with E-state index in [0.29, 0.717) is 18.3 Å². The van der Waals surface area contributed by atoms with E-state index < -0.39 is 0 Å². The number of aromatic nitrogens is 3. The zero-order valence-electron chi connectivity index (χ0n) is 16.7. The fraction of sp³-hybridized carbons (Fsp3) is 0.409. The van der Waals surface area contributed by atoms with Crippen molar-refractivity contribution >= 4 is 16.9 Å². The van der Waals surface area contributed by atoms with Crippen molar-refractivity contribution in [1.82, 2.24) is 20.5 Å². The second kappa shape index (κ2) is 7.06. The van der Waals surface area contributed by atoms with Crippen molar-refractivity contribution in [1.29, 1.82) is 0 Å². The third kappa shape index (κ3) is 3.41. The Balaban J connectivity index is 1.23. The van der Waals surface area contributed by atoms with Crippen LogP contribution in [-0.2, 0) is 17.8 Å². The Labute approximate surface area is 168 Å². The van der Waals surface area contributed by atoms with Crippen LogP contribution >= 0.6 is 0 Å². The van der Waals surface area contributed by atoms with E-state index >= 15 is 0 Å². The highest BCUT2D eigenvalue weighted by molar-refractivity contribution is 5.84. The van der Waals surface area contributed by atoms with E-state index in [1.54, 1.807) is 0 Å². The van der Waals surface area contributed by atoms with Gasteiger partial charge in [0.15, 0.2) is 12.3 Å². The van der Waals surface area contributed by atoms with E-state index in [0.717, 1.165) is 52.2 Å². The van der Waals surface area contributed by atoms with Crippen LogP contribution < -0.4 is 14.8 Å². The molecule has 2 aliphatic rings. The molecule has 1 aliphatic heterocycles. The first-order chi connectivity index (χ1) is 14.1. The highest BCUT2D eigenvalue weighted by atomic mass is 16.5. The summed E-state index contributed by atoms with van der Waals surface area (Å²) in [7, 11) is 0. The smallest absolute Gasteiger partial charge is 0.258 e. The zero-order valence-corrected chi connectivity index (χ0v) is 16.7. The first-order valence-electron chi connectivity index (χ1n) is 10.1. The van der Waals surface area contributed by atoms with Gasteiger partial charge in [0.2, 0.25) is 5.88 Å². The monoisotopic (exact) mass is 392 g/mol. The average Bonchev–Trinajstić information content (AvgIpc) is 3.31. The summed E-state index contributed by atoms with van der Waals surface area (Å²) < 4.78 is 11.3. The van der Waals surface area contributed by atoms with Crippen LogP contribution in [0.15, 0.2) is 18.2 Å². The molecule has 0 unspecified atom stereocenters. The molecular weight excluding hydrogens is 368 g/mol. The van der Waals surface area contributed by atoms with Gasteiger partial charge in [-0.05, 0) is 49.4 Å². The number of hydrogen-bond donors (Lipinski definition) is 2. The molecule has 7 nitrogen and oxygen atoms in total. The Morgan fingerprint density at radius 2 is 2.17 bits per heavy atom. The van der Waals surface area contributed by atoms with Crippen molar-refractivity contribution in [3.8, 4) is 11.6 Å². The van der Waals surface area contributed by atoms with Gasteiger partial charge in [-0.3, -0.25) is 9.89 Å². The minimum Gasteiger partial charge on any atom is -0.493 e. The first kappa shape index (κ1) is 18.0. The molecule has 2 N–H and O–H groups in total. The Hall–Kier alpha value is -3.09. The number of H-pyrrole nitrogens is 1. The summed E-state index contributed by atoms with van der Waals surface area (Å²) in [5.74, 6) is 1.79. The lowest BCUT2D eigenvalue weighted by atomic mass is 10.1. The van der Waals surface area contributed by atoms with Crippen LogP contribution in [0.4, 0.5) is 0 Å². The highest BCUT2D eigenvalue weighted by Crippen LogP contribution is 2.43. The largest absolute Gasteiger partial charge is 0.493 e. The molecule has 7 heteroatoms. The first-order valence-corrected chi connectivity index (χ1v) is 10.1. The fourth-order valence-electron chi connectivity index (χ4n) is 3.86. The number of nitrogens with one attached hydrogen (secondary N) is 2. The number of pyridine rings is 1. The van der Waals surface area contributed by atoms with Crippen molar-refractivity contribution in [3.05, 3.63) is 46.1 Å². The molecule has 1 amide bonds. The van der Waals surface area contributed by atoms with Crippen molar-refractivity contribution < 1.29 is 14.3 Å². The lowest BCUT2D eigenvalue weighted by Gasteiger charge is -2.12. The maximum atomic E-state index is 12.3. The number of ether oxygens (including phenoxy) is 2. The normalized spacial score (nSPS) is 15.2. The number of amides is 1. The molecule has 1 aromatic carbocycles. The minimum atomic E-state index is -0.177. The van der Waals surface area contributed by atoms with E-state index in [9.17, 15) is 4.79 Å². The van der Waals surface area contributed by atoms with Gasteiger partial charge in [-0.25, -0.2) is 0 Å². The molecule has 0 saturated heterocycles. The van der Waals surface area contributed by atoms with Gasteiger partial charge in [-0.2, -0.15) is 10.1 Å². The number of carbonyl (C=O) groups excluding carboxylic acids is 1. The maximum Gasteiger partial charge on any atom is 0.258 e. The molecule has 2 aromatic heterocycles. The Morgan fingerprint density at radius 1 is 1.31 bits per heavy atom. The third-order valence-corrected chi connectivity index (χ3v) is 5.79. The van der Waals surface area contributed by atoms with E-state index in [-0.39, 0.29) is 12.5 Å². The number of hydrogen-bond acceptors (Lipinski definition) is 5. The SMILES string of the molecule is Cc1c(OCC(=O)NCc2ccc3c(c2)CCO3)nc2[nH]nc(C3CC3)c2c1C. The van der Waals surface area contributed by atoms with Crippen LogP contribution in [0.2, 0.25) is 0 Å². The van der Waals surface area contributed by atoms with Crippen LogP contribution in [0.3, 0.4) is 0 Å². The molecule has 3 aromatic rings. The van der Waals surface area contributed by atoms with Gasteiger partial charge < -0.3 is 14.8 Å². The third-order valence-electron chi connectivity index (χ3n) is 5.79. The van der Waals surface area contributed by atoms with Crippen molar-refractivity contribution in [2.75, 3.05) is 13.2 Å². The molecule has 0 spiro atoms. The van der Waals surface area contributed by atoms with Crippen LogP contribution in [0.1, 0.15) is 46.7 Å². The fourth-order valence-corrected chi connectivity index (χ4v) is 3.86. The lowest BCUT2D eigenvalue weighted by molar-refractivity contribution is -0.123. The van der Waals surface area contributed by atoms with Gasteiger partial charge in [0.05, 0.1) is 12.3 Å². The predicted octanol–water partition coefficient (Wildman–Crippen LogP) is 3.08. The summed E-state index contributed by atoms with van der Waals surface area (Å²) >= 11 is 0. The van der Waals surface area contributed by atoms with Gasteiger partial charge in [0, 0.05) is 29.8 Å². The number of aromatic amines is 1. The Bertz CT molecular complexity index is 1100. The number of fused-ring (bicyclic) bond motifs is 2. The molecule has 1 aliphatic carbocycles. The van der Waals surface area contributed by atoms with Gasteiger partial charge in [0.1, 0.15) is 5.75 Å². The summed E-state index contributed by atoms with van der Waals surface area (Å²) in [6, 6.07) is 6.03. The number of benzene rings is 1. The van der Waals surface area contributed by atoms with Crippen LogP contribution in [-0.4, -0.2) is 34.3 Å². The Morgan fingerprint density at radius 3 is 3.00 bits per heavy atom. The molecular formula is C22H24N4O3. The molecule has 150 valence electrons. The molecule has 0 atom stereocenters. The van der Waals surface area contributed by atoms with E-state index in [1.165, 1.54) is 18.4 Å². The minimum absolute atomic E-state index is 0.0730. The molecule has 1 fully saturated rings. The van der Waals surface area contributed by atoms with Gasteiger partial charge in [-0.1, -0.05) is 12.1 Å². The average molecular weight is 392 g/mol. The van der Waals surface area contributed by atoms with Crippen molar-refractivity contribution in [2.45, 2.75) is 45.6 Å². The molecule has 5 rings (SSSR count). The van der Waals surface area contributed by atoms with Crippen molar-refractivity contribution in [2.24, 2.45) is 0 Å². The van der Waals surface area contributed by atoms with E-state index in [1.807, 2.05) is 19.1 Å². The summed E-state index contributed by atoms with van der Waals surface area (Å²) in [6.07, 6.45) is 3.30. The lowest BCUT2D eigenvalue weighted by Crippen LogP contribution is -2.28. The summed E-state index contributed by atoms with van der Waals surface area (Å²) in [4.78, 5) is 16.8. The Kier molecular flexibility index (Phi) is 4.38. The molecule has 29 heavy (non-hydrogen) atoms. The summed E-state index contributed by atoms with van der Waals surface area (Å²) in [5, 5.41) is 11.5. The molecule has 1 saturated carbocycles. The second-order valence-electron chi connectivity index (χ2n) is 7.88. The van der Waals surface area contributed by atoms with E-state index in [2.05, 4.69) is 33.5 Å². The molecule has 3 heterocycles. The van der Waals surface area contributed by atoms with Gasteiger partial charge in [-0.15, -0.1) is 0 Å². The predicted molar refractivity (Wildman–Crippen MR) is 108 cm³/mol. The number of aryl methyl sites for hydroxylation is 1. The van der Waals surface area contributed by atoms with Gasteiger partial charge in [0.25, 0.3) is 5.91 Å². The molecule has 0 radical (unpaired) electrons. The standard InChI is InChI=1S/C22H24N4O3/c1-12-13(2)22(24-21-19(12)20(25-26-21)15-4-5-15)29-11-18(27)23-10-14-3-6-17-16(9-14)7-8-28-17/h3,6,9,15H,4-5,7-8,10-11H2,1-2H3,(H,23,27)(H,24,25,26). The number of carbonyl (C=O) groups is 1. The van der Waals surface area contributed by atoms with Crippen molar-refractivity contribution in [3.63, 3.8) is 0 Å². The summed E-state index contributed by atoms with van der Waals surface area (Å²) in [6.45, 7) is 5.16. The highest BCUT2D eigenvalue weighted by Gasteiger charge is 2.29. The van der Waals surface area contributed by atoms with Crippen LogP contribution in [0, 0.1) is 13.8 Å². The number of rotatable bonds is 6. The zero-order chi connectivity index (χ0) is 20.0. The second-order valence-corrected chi connectivity index (χ2v) is 7.88. The van der Waals surface area contributed by atoms with Crippen LogP contribution in [0.25, 0.3) is 11.0 Å². The van der Waals surface area contributed by atoms with Gasteiger partial charge >= 0.3 is 0 Å². The maximum absolute atomic E-state index is 12.3. The quantitative estimate of drug-likeness (QED) is 0.673. The topological polar surface area (TPSA) is 89.1 Å². The summed E-state index contributed by atoms with van der Waals surface area (Å²) in [5.41, 5.74) is 6.15. The van der Waals surface area contributed by atoms with Crippen LogP contribution in [0.5, 0.6) is 11.6 Å².